The van der Waals surface area contributed by atoms with Gasteiger partial charge in [-0.05, 0) is 47.5 Å². The fraction of sp³-hybridized carbons (Fsp3) is 0.471. The molecule has 0 bridgehead atoms. The monoisotopic (exact) mass is 805 g/mol. The van der Waals surface area contributed by atoms with Crippen LogP contribution in [0.2, 0.25) is 0 Å². The van der Waals surface area contributed by atoms with E-state index in [9.17, 15) is 19.2 Å². The van der Waals surface area contributed by atoms with Gasteiger partial charge in [-0.3, -0.25) is 39.2 Å². The zero-order valence-electron chi connectivity index (χ0n) is 31.3. The Labute approximate surface area is 328 Å². The van der Waals surface area contributed by atoms with E-state index in [2.05, 4.69) is 30.1 Å². The predicted molar refractivity (Wildman–Crippen MR) is 206 cm³/mol. The molecule has 0 radical (unpaired) electrons. The molecule has 4 atom stereocenters. The van der Waals surface area contributed by atoms with Gasteiger partial charge in [0, 0.05) is 42.0 Å². The van der Waals surface area contributed by atoms with Crippen molar-refractivity contribution >= 4 is 74.4 Å². The van der Waals surface area contributed by atoms with Crippen molar-refractivity contribution in [3.05, 3.63) is 47.7 Å². The summed E-state index contributed by atoms with van der Waals surface area (Å²) in [5.41, 5.74) is 12.4. The topological polar surface area (TPSA) is 260 Å². The number of thioether (sulfide) groups is 2. The number of esters is 2. The normalized spacial score (nSPS) is 21.6. The molecule has 4 unspecified atom stereocenters. The molecular formula is C34H39N13O7S2. The Morgan fingerprint density at radius 3 is 1.86 bits per heavy atom. The summed E-state index contributed by atoms with van der Waals surface area (Å²) in [4.78, 5) is 72.4. The van der Waals surface area contributed by atoms with Crippen LogP contribution in [0, 0.1) is 0 Å². The maximum Gasteiger partial charge on any atom is 0.327 e. The number of carbonyl (C=O) groups excluding carboxylic acids is 4. The number of primary amides is 2. The molecule has 0 fully saturated rings. The fourth-order valence-corrected chi connectivity index (χ4v) is 8.64. The van der Waals surface area contributed by atoms with Crippen LogP contribution in [-0.2, 0) is 35.1 Å². The minimum atomic E-state index is -0.885. The third kappa shape index (κ3) is 8.15. The maximum atomic E-state index is 13.2. The predicted octanol–water partition coefficient (Wildman–Crippen LogP) is 0.514. The van der Waals surface area contributed by atoms with Crippen molar-refractivity contribution in [3.8, 4) is 6.01 Å². The summed E-state index contributed by atoms with van der Waals surface area (Å²) in [5.74, 6) is -2.48. The highest BCUT2D eigenvalue weighted by molar-refractivity contribution is 8.15. The van der Waals surface area contributed by atoms with E-state index in [1.807, 2.05) is 6.07 Å². The number of fused-ring (bicyclic) bond motifs is 3. The van der Waals surface area contributed by atoms with Crippen molar-refractivity contribution in [1.29, 1.82) is 0 Å². The second kappa shape index (κ2) is 14.8. The second-order valence-corrected chi connectivity index (χ2v) is 16.9. The zero-order valence-corrected chi connectivity index (χ0v) is 32.9. The van der Waals surface area contributed by atoms with Crippen LogP contribution in [0.15, 0.2) is 51.0 Å². The molecule has 294 valence electrons. The van der Waals surface area contributed by atoms with Crippen molar-refractivity contribution in [2.45, 2.75) is 81.5 Å². The van der Waals surface area contributed by atoms with Crippen LogP contribution in [0.3, 0.4) is 0 Å². The van der Waals surface area contributed by atoms with Gasteiger partial charge in [-0.2, -0.15) is 15.3 Å². The lowest BCUT2D eigenvalue weighted by molar-refractivity contribution is -0.158. The fourth-order valence-electron chi connectivity index (χ4n) is 6.22. The number of rotatable bonds is 13. The quantitative estimate of drug-likeness (QED) is 0.223. The number of nitrogens with zero attached hydrogens (tertiary/aromatic N) is 11. The minimum Gasteiger partial charge on any atom is -0.467 e. The van der Waals surface area contributed by atoms with Gasteiger partial charge < -0.3 is 25.7 Å². The highest BCUT2D eigenvalue weighted by Crippen LogP contribution is 2.39. The number of hydrazone groups is 2. The first-order valence-electron chi connectivity index (χ1n) is 17.4. The molecule has 4 N–H and O–H groups in total. The van der Waals surface area contributed by atoms with E-state index in [0.29, 0.717) is 39.7 Å². The Bertz CT molecular complexity index is 2230. The number of aliphatic imine (C=N–C) groups is 2. The number of hydrogen-bond acceptors (Lipinski definition) is 19. The lowest BCUT2D eigenvalue weighted by Crippen LogP contribution is -2.39. The van der Waals surface area contributed by atoms with Crippen molar-refractivity contribution in [2.24, 2.45) is 31.7 Å². The number of nitrogens with two attached hydrogens (primary N) is 2. The van der Waals surface area contributed by atoms with Gasteiger partial charge in [0.2, 0.25) is 0 Å². The van der Waals surface area contributed by atoms with Gasteiger partial charge in [0.25, 0.3) is 11.8 Å². The van der Waals surface area contributed by atoms with E-state index in [4.69, 9.17) is 35.8 Å². The molecular weight excluding hydrogens is 767 g/mol. The first-order valence-corrected chi connectivity index (χ1v) is 19.2. The molecule has 56 heavy (non-hydrogen) atoms. The van der Waals surface area contributed by atoms with Crippen molar-refractivity contribution in [1.82, 2.24) is 34.6 Å². The van der Waals surface area contributed by atoms with Crippen molar-refractivity contribution in [2.75, 3.05) is 20.2 Å². The number of carbonyl (C=O) groups is 4. The van der Waals surface area contributed by atoms with Crippen LogP contribution in [0.5, 0.6) is 6.01 Å². The van der Waals surface area contributed by atoms with Crippen LogP contribution >= 0.6 is 23.5 Å². The molecule has 0 saturated carbocycles. The van der Waals surface area contributed by atoms with Gasteiger partial charge in [0.1, 0.15) is 57.2 Å². The summed E-state index contributed by atoms with van der Waals surface area (Å²) >= 11 is 2.66. The summed E-state index contributed by atoms with van der Waals surface area (Å²) in [6.45, 7) is 8.52. The Balaban J connectivity index is 0.962. The molecule has 2 amide bonds. The minimum absolute atomic E-state index is 0.0495. The molecule has 4 aliphatic heterocycles. The van der Waals surface area contributed by atoms with Crippen molar-refractivity contribution in [3.63, 3.8) is 0 Å². The Hall–Kier alpha value is -5.64. The summed E-state index contributed by atoms with van der Waals surface area (Å²) in [6, 6.07) is 0.717. The number of amides is 2. The standard InChI is InChI=1S/C34H39N13O7S2/c1-33(2,3)53-20(48)14-46-31-25(23(43-46)27(36)51)41-29(56-31)17-12-37-19-9-18(42-45(19)13-17)7-8-34(4,5)54-21(49)15-47-30-24(22(44-47)26(35)50)40-28(55-30)16-10-38-32(52-6)39-11-16/h9-13,24-25,30-31H,7-8,14-15H2,1-6H3,(H2,35,50)(H2,36,51). The van der Waals surface area contributed by atoms with Gasteiger partial charge in [-0.25, -0.2) is 19.5 Å². The van der Waals surface area contributed by atoms with Crippen LogP contribution in [0.4, 0.5) is 0 Å². The third-order valence-corrected chi connectivity index (χ3v) is 11.3. The van der Waals surface area contributed by atoms with E-state index >= 15 is 0 Å². The lowest BCUT2D eigenvalue weighted by atomic mass is 10.0. The number of aromatic nitrogens is 5. The van der Waals surface area contributed by atoms with Gasteiger partial charge in [0.05, 0.1) is 12.8 Å². The molecule has 20 nitrogen and oxygen atoms in total. The second-order valence-electron chi connectivity index (χ2n) is 14.7. The van der Waals surface area contributed by atoms with E-state index in [0.717, 1.165) is 5.69 Å². The van der Waals surface area contributed by atoms with E-state index < -0.39 is 57.8 Å². The summed E-state index contributed by atoms with van der Waals surface area (Å²) in [6.07, 6.45) is 7.47. The van der Waals surface area contributed by atoms with Crippen molar-refractivity contribution < 1.29 is 33.4 Å². The van der Waals surface area contributed by atoms with Gasteiger partial charge in [-0.15, -0.1) is 0 Å². The SMILES string of the molecule is COc1ncc(C2=NC3C(C(N)=O)=NN(CC(=O)OC(C)(C)CCc4cc5ncc(C6=NC7C(C(N)=O)=NN(CC(=O)OC(C)(C)C)C7S6)cn5n4)C3S2)cn1. The third-order valence-electron chi connectivity index (χ3n) is 8.69. The van der Waals surface area contributed by atoms with E-state index in [1.165, 1.54) is 40.7 Å². The average Bonchev–Trinajstić information content (AvgIpc) is 3.94. The molecule has 0 spiro atoms. The molecule has 3 aromatic rings. The number of hydrogen-bond donors (Lipinski definition) is 2. The van der Waals surface area contributed by atoms with Crippen LogP contribution in [0.25, 0.3) is 5.65 Å². The van der Waals surface area contributed by atoms with E-state index in [1.54, 1.807) is 63.9 Å². The van der Waals surface area contributed by atoms with Gasteiger partial charge in [0.15, 0.2) is 17.1 Å². The Morgan fingerprint density at radius 2 is 1.32 bits per heavy atom. The largest absolute Gasteiger partial charge is 0.467 e. The zero-order chi connectivity index (χ0) is 40.1. The maximum absolute atomic E-state index is 13.2. The molecule has 7 heterocycles. The molecule has 22 heteroatoms. The first-order chi connectivity index (χ1) is 26.5. The van der Waals surface area contributed by atoms with E-state index in [-0.39, 0.29) is 30.5 Å². The van der Waals surface area contributed by atoms with Crippen LogP contribution in [0.1, 0.15) is 57.9 Å². The van der Waals surface area contributed by atoms with Gasteiger partial charge >= 0.3 is 17.9 Å². The highest BCUT2D eigenvalue weighted by atomic mass is 32.2. The van der Waals surface area contributed by atoms with Gasteiger partial charge in [-0.1, -0.05) is 23.5 Å². The smallest absolute Gasteiger partial charge is 0.327 e. The molecule has 4 aliphatic rings. The molecule has 0 saturated heterocycles. The summed E-state index contributed by atoms with van der Waals surface area (Å²) < 4.78 is 18.0. The number of ether oxygens (including phenoxy) is 3. The van der Waals surface area contributed by atoms with Crippen LogP contribution in [-0.4, -0.2) is 134 Å². The average molecular weight is 806 g/mol. The molecule has 0 aromatic carbocycles. The lowest BCUT2D eigenvalue weighted by Gasteiger charge is -2.27. The first kappa shape index (κ1) is 38.6. The molecule has 3 aromatic heterocycles. The summed E-state index contributed by atoms with van der Waals surface area (Å²) in [7, 11) is 1.46. The Morgan fingerprint density at radius 1 is 0.786 bits per heavy atom. The molecule has 0 aliphatic carbocycles. The van der Waals surface area contributed by atoms with Crippen LogP contribution < -0.4 is 16.2 Å². The summed E-state index contributed by atoms with van der Waals surface area (Å²) in [5, 5.41) is 16.5. The highest BCUT2D eigenvalue weighted by Gasteiger charge is 2.47. The number of aryl methyl sites for hydroxylation is 1. The number of methoxy groups -OCH3 is 1. The Kier molecular flexibility index (Phi) is 10.2. The molecule has 7 rings (SSSR count).